The highest BCUT2D eigenvalue weighted by Gasteiger charge is 2.18. The van der Waals surface area contributed by atoms with Crippen molar-refractivity contribution in [2.24, 2.45) is 5.92 Å². The fraction of sp³-hybridized carbons (Fsp3) is 0.714. The van der Waals surface area contributed by atoms with Crippen LogP contribution in [0.2, 0.25) is 0 Å². The third-order valence-electron chi connectivity index (χ3n) is 5.25. The number of carbonyl (C=O) groups excluding carboxylic acids is 1. The lowest BCUT2D eigenvalue weighted by Gasteiger charge is -2.11. The molecule has 0 bridgehead atoms. The van der Waals surface area contributed by atoms with Crippen molar-refractivity contribution >= 4 is 34.5 Å². The number of fused-ring (bicyclic) bond motifs is 1. The van der Waals surface area contributed by atoms with Crippen molar-refractivity contribution in [1.82, 2.24) is 25.1 Å². The summed E-state index contributed by atoms with van der Waals surface area (Å²) >= 11 is 1.65. The van der Waals surface area contributed by atoms with Crippen molar-refractivity contribution in [3.8, 4) is 0 Å². The monoisotopic (exact) mass is 434 g/mol. The maximum Gasteiger partial charge on any atom is 0.220 e. The third-order valence-corrected chi connectivity index (χ3v) is 6.30. The molecule has 1 aliphatic carbocycles. The molecule has 0 aliphatic heterocycles. The van der Waals surface area contributed by atoms with Gasteiger partial charge in [-0.3, -0.25) is 4.79 Å². The minimum absolute atomic E-state index is 0.144. The Morgan fingerprint density at radius 2 is 2.10 bits per heavy atom. The lowest BCUT2D eigenvalue weighted by Crippen LogP contribution is -2.28. The Labute approximate surface area is 182 Å². The second kappa shape index (κ2) is 12.1. The van der Waals surface area contributed by atoms with Crippen LogP contribution in [0.15, 0.2) is 11.4 Å². The molecule has 166 valence electrons. The normalized spacial score (nSPS) is 14.5. The summed E-state index contributed by atoms with van der Waals surface area (Å²) < 4.78 is 7.28. The summed E-state index contributed by atoms with van der Waals surface area (Å²) in [5.74, 6) is 2.46. The Kier molecular flexibility index (Phi) is 9.20. The molecule has 0 aromatic carbocycles. The number of anilines is 1. The van der Waals surface area contributed by atoms with E-state index in [1.165, 1.54) is 25.7 Å². The van der Waals surface area contributed by atoms with Crippen LogP contribution >= 0.6 is 11.8 Å². The first-order valence-electron chi connectivity index (χ1n) is 11.2. The standard InChI is InChI=1S/C21H34N6O2S/c1-3-13-30-21-25-19(23-10-12-29-4-2)17-15-24-27(20(17)26-21)11-9-22-18(28)14-16-7-5-6-8-16/h15-16H,3-14H2,1-2H3,(H,22,28)(H,23,25,26). The molecule has 0 spiro atoms. The fourth-order valence-electron chi connectivity index (χ4n) is 3.73. The van der Waals surface area contributed by atoms with E-state index in [4.69, 9.17) is 9.72 Å². The van der Waals surface area contributed by atoms with Crippen molar-refractivity contribution in [2.75, 3.05) is 37.4 Å². The Morgan fingerprint density at radius 1 is 1.27 bits per heavy atom. The van der Waals surface area contributed by atoms with Crippen LogP contribution in [-0.4, -0.2) is 57.7 Å². The van der Waals surface area contributed by atoms with Crippen LogP contribution in [0.3, 0.4) is 0 Å². The summed E-state index contributed by atoms with van der Waals surface area (Å²) in [6.45, 7) is 7.28. The molecule has 2 aromatic heterocycles. The number of nitrogens with zero attached hydrogens (tertiary/aromatic N) is 4. The zero-order valence-corrected chi connectivity index (χ0v) is 19.0. The van der Waals surface area contributed by atoms with Gasteiger partial charge in [-0.2, -0.15) is 5.10 Å². The van der Waals surface area contributed by atoms with Gasteiger partial charge in [-0.15, -0.1) is 0 Å². The molecule has 1 fully saturated rings. The summed E-state index contributed by atoms with van der Waals surface area (Å²) in [6, 6.07) is 0. The van der Waals surface area contributed by atoms with Crippen LogP contribution in [0.5, 0.6) is 0 Å². The lowest BCUT2D eigenvalue weighted by atomic mass is 10.0. The minimum atomic E-state index is 0.144. The largest absolute Gasteiger partial charge is 0.380 e. The number of hydrogen-bond donors (Lipinski definition) is 2. The van der Waals surface area contributed by atoms with Crippen LogP contribution < -0.4 is 10.6 Å². The van der Waals surface area contributed by atoms with Crippen LogP contribution in [0, 0.1) is 5.92 Å². The van der Waals surface area contributed by atoms with E-state index in [1.807, 2.05) is 11.6 Å². The molecular formula is C21H34N6O2S. The SMILES string of the molecule is CCCSc1nc(NCCOCC)c2cnn(CCNC(=O)CC3CCCC3)c2n1. The smallest absolute Gasteiger partial charge is 0.220 e. The van der Waals surface area contributed by atoms with Gasteiger partial charge in [0.15, 0.2) is 10.8 Å². The summed E-state index contributed by atoms with van der Waals surface area (Å²) in [5, 5.41) is 12.5. The van der Waals surface area contributed by atoms with Crippen LogP contribution in [-0.2, 0) is 16.1 Å². The van der Waals surface area contributed by atoms with Gasteiger partial charge in [-0.25, -0.2) is 14.6 Å². The molecule has 0 atom stereocenters. The van der Waals surface area contributed by atoms with Crippen LogP contribution in [0.25, 0.3) is 11.0 Å². The van der Waals surface area contributed by atoms with Gasteiger partial charge >= 0.3 is 0 Å². The Morgan fingerprint density at radius 3 is 2.87 bits per heavy atom. The van der Waals surface area contributed by atoms with Gasteiger partial charge in [0.25, 0.3) is 0 Å². The average Bonchev–Trinajstić information content (AvgIpc) is 3.40. The van der Waals surface area contributed by atoms with Gasteiger partial charge in [0.1, 0.15) is 5.82 Å². The zero-order valence-electron chi connectivity index (χ0n) is 18.2. The highest BCUT2D eigenvalue weighted by Crippen LogP contribution is 2.27. The number of hydrogen-bond acceptors (Lipinski definition) is 7. The predicted octanol–water partition coefficient (Wildman–Crippen LogP) is 3.47. The number of thioether (sulfide) groups is 1. The molecule has 30 heavy (non-hydrogen) atoms. The summed E-state index contributed by atoms with van der Waals surface area (Å²) in [6.07, 6.45) is 8.40. The molecule has 2 heterocycles. The quantitative estimate of drug-likeness (QED) is 0.283. The molecule has 0 unspecified atom stereocenters. The zero-order chi connectivity index (χ0) is 21.2. The van der Waals surface area contributed by atoms with E-state index in [-0.39, 0.29) is 5.91 Å². The molecule has 9 heteroatoms. The van der Waals surface area contributed by atoms with E-state index in [9.17, 15) is 4.79 Å². The van der Waals surface area contributed by atoms with Gasteiger partial charge in [-0.1, -0.05) is 31.5 Å². The number of ether oxygens (including phenoxy) is 1. The highest BCUT2D eigenvalue weighted by molar-refractivity contribution is 7.99. The first-order valence-corrected chi connectivity index (χ1v) is 12.1. The van der Waals surface area contributed by atoms with Gasteiger partial charge in [-0.05, 0) is 32.1 Å². The Bertz CT molecular complexity index is 806. The molecular weight excluding hydrogens is 400 g/mol. The van der Waals surface area contributed by atoms with E-state index >= 15 is 0 Å². The van der Waals surface area contributed by atoms with Crippen molar-refractivity contribution in [1.29, 1.82) is 0 Å². The van der Waals surface area contributed by atoms with Crippen LogP contribution in [0.1, 0.15) is 52.4 Å². The molecule has 2 N–H and O–H groups in total. The van der Waals surface area contributed by atoms with Crippen molar-refractivity contribution in [2.45, 2.75) is 64.1 Å². The fourth-order valence-corrected chi connectivity index (χ4v) is 4.42. The maximum atomic E-state index is 12.2. The van der Waals surface area contributed by atoms with E-state index in [2.05, 4.69) is 27.6 Å². The van der Waals surface area contributed by atoms with Gasteiger partial charge in [0.2, 0.25) is 5.91 Å². The van der Waals surface area contributed by atoms with Crippen molar-refractivity contribution in [3.05, 3.63) is 6.20 Å². The summed E-state index contributed by atoms with van der Waals surface area (Å²) in [5.41, 5.74) is 0.799. The molecule has 1 amide bonds. The van der Waals surface area contributed by atoms with Gasteiger partial charge in [0, 0.05) is 31.9 Å². The van der Waals surface area contributed by atoms with Crippen molar-refractivity contribution < 1.29 is 9.53 Å². The first kappa shape index (κ1) is 22.8. The van der Waals surface area contributed by atoms with E-state index < -0.39 is 0 Å². The molecule has 0 radical (unpaired) electrons. The lowest BCUT2D eigenvalue weighted by molar-refractivity contribution is -0.122. The molecule has 3 rings (SSSR count). The second-order valence-electron chi connectivity index (χ2n) is 7.64. The van der Waals surface area contributed by atoms with Crippen LogP contribution in [0.4, 0.5) is 5.82 Å². The number of aromatic nitrogens is 4. The molecule has 0 saturated heterocycles. The number of rotatable bonds is 13. The molecule has 2 aromatic rings. The number of amides is 1. The summed E-state index contributed by atoms with van der Waals surface area (Å²) in [4.78, 5) is 21.6. The maximum absolute atomic E-state index is 12.2. The average molecular weight is 435 g/mol. The van der Waals surface area contributed by atoms with E-state index in [1.54, 1.807) is 18.0 Å². The highest BCUT2D eigenvalue weighted by atomic mass is 32.2. The van der Waals surface area contributed by atoms with E-state index in [0.717, 1.165) is 34.2 Å². The third kappa shape index (κ3) is 6.57. The predicted molar refractivity (Wildman–Crippen MR) is 121 cm³/mol. The Balaban J connectivity index is 1.63. The molecule has 1 aliphatic rings. The minimum Gasteiger partial charge on any atom is -0.380 e. The topological polar surface area (TPSA) is 94.0 Å². The Hall–Kier alpha value is -1.87. The van der Waals surface area contributed by atoms with Gasteiger partial charge < -0.3 is 15.4 Å². The second-order valence-corrected chi connectivity index (χ2v) is 8.70. The summed E-state index contributed by atoms with van der Waals surface area (Å²) in [7, 11) is 0. The molecule has 1 saturated carbocycles. The van der Waals surface area contributed by atoms with Crippen molar-refractivity contribution in [3.63, 3.8) is 0 Å². The number of carbonyl (C=O) groups is 1. The first-order chi connectivity index (χ1) is 14.7. The number of nitrogens with one attached hydrogen (secondary N) is 2. The van der Waals surface area contributed by atoms with Gasteiger partial charge in [0.05, 0.1) is 24.7 Å². The molecule has 8 nitrogen and oxygen atoms in total. The van der Waals surface area contributed by atoms with E-state index in [0.29, 0.717) is 45.2 Å².